The van der Waals surface area contributed by atoms with Crippen molar-refractivity contribution in [2.24, 2.45) is 11.0 Å². The molecule has 0 radical (unpaired) electrons. The van der Waals surface area contributed by atoms with Gasteiger partial charge in [-0.05, 0) is 24.0 Å². The van der Waals surface area contributed by atoms with Crippen LogP contribution in [0.1, 0.15) is 32.3 Å². The van der Waals surface area contributed by atoms with E-state index in [1.807, 2.05) is 0 Å². The number of hydrazone groups is 1. The Hall–Kier alpha value is -2.09. The minimum Gasteiger partial charge on any atom is -0.508 e. The summed E-state index contributed by atoms with van der Waals surface area (Å²) in [6, 6.07) is 6.25. The van der Waals surface area contributed by atoms with Crippen LogP contribution in [0.2, 0.25) is 0 Å². The molecule has 1 amide bonds. The van der Waals surface area contributed by atoms with E-state index < -0.39 is 24.2 Å². The van der Waals surface area contributed by atoms with Crippen LogP contribution in [0.5, 0.6) is 5.75 Å². The number of aromatic hydroxyl groups is 1. The number of phenols is 1. The maximum Gasteiger partial charge on any atom is 0.438 e. The molecule has 0 unspecified atom stereocenters. The van der Waals surface area contributed by atoms with Crippen LogP contribution < -0.4 is 0 Å². The second-order valence-corrected chi connectivity index (χ2v) is 6.07. The van der Waals surface area contributed by atoms with Gasteiger partial charge < -0.3 is 10.2 Å². The number of carbonyl (C=O) groups excluding carboxylic acids is 1. The number of hydrogen-bond donors (Lipinski definition) is 2. The van der Waals surface area contributed by atoms with Crippen molar-refractivity contribution < 1.29 is 28.2 Å². The molecular weight excluding hydrogens is 325 g/mol. The number of phenolic OH excluding ortho intramolecular Hbond substituents is 1. The Bertz CT molecular complexity index is 658. The van der Waals surface area contributed by atoms with E-state index in [1.165, 1.54) is 6.07 Å². The Morgan fingerprint density at radius 2 is 2.00 bits per heavy atom. The summed E-state index contributed by atoms with van der Waals surface area (Å²) in [4.78, 5) is 12.2. The summed E-state index contributed by atoms with van der Waals surface area (Å²) in [5.41, 5.74) is -2.76. The van der Waals surface area contributed by atoms with Crippen LogP contribution in [-0.4, -0.2) is 38.7 Å². The first-order valence-corrected chi connectivity index (χ1v) is 7.52. The average molecular weight is 344 g/mol. The number of para-hydroxylation sites is 1. The summed E-state index contributed by atoms with van der Waals surface area (Å²) >= 11 is 0. The first-order chi connectivity index (χ1) is 11.1. The topological polar surface area (TPSA) is 73.1 Å². The van der Waals surface area contributed by atoms with Gasteiger partial charge in [0.05, 0.1) is 0 Å². The second kappa shape index (κ2) is 6.43. The fourth-order valence-electron chi connectivity index (χ4n) is 2.45. The van der Waals surface area contributed by atoms with E-state index in [0.717, 1.165) is 0 Å². The quantitative estimate of drug-likeness (QED) is 0.882. The molecule has 24 heavy (non-hydrogen) atoms. The van der Waals surface area contributed by atoms with E-state index in [1.54, 1.807) is 32.0 Å². The van der Waals surface area contributed by atoms with Crippen molar-refractivity contribution in [3.8, 4) is 5.75 Å². The molecule has 2 N–H and O–H groups in total. The van der Waals surface area contributed by atoms with Gasteiger partial charge in [-0.1, -0.05) is 32.0 Å². The Morgan fingerprint density at radius 3 is 2.54 bits per heavy atom. The first-order valence-electron chi connectivity index (χ1n) is 7.52. The van der Waals surface area contributed by atoms with Crippen molar-refractivity contribution in [2.45, 2.75) is 45.0 Å². The van der Waals surface area contributed by atoms with Gasteiger partial charge in [0.15, 0.2) is 0 Å². The molecular formula is C16H19F3N2O3. The Morgan fingerprint density at radius 1 is 1.38 bits per heavy atom. The SMILES string of the molecule is CC(C)C1=NN(C(=O)CCc2ccccc2O)[C@@](O)(C(F)(F)F)C1. The van der Waals surface area contributed by atoms with Crippen LogP contribution in [-0.2, 0) is 11.2 Å². The number of alkyl halides is 3. The van der Waals surface area contributed by atoms with E-state index in [-0.39, 0.29) is 35.2 Å². The fraction of sp³-hybridized carbons (Fsp3) is 0.500. The molecule has 1 aromatic rings. The summed E-state index contributed by atoms with van der Waals surface area (Å²) in [7, 11) is 0. The van der Waals surface area contributed by atoms with Crippen molar-refractivity contribution in [2.75, 3.05) is 0 Å². The van der Waals surface area contributed by atoms with Gasteiger partial charge in [-0.25, -0.2) is 0 Å². The number of carbonyl (C=O) groups is 1. The molecule has 132 valence electrons. The molecule has 1 heterocycles. The third kappa shape index (κ3) is 3.38. The van der Waals surface area contributed by atoms with Crippen LogP contribution in [0.25, 0.3) is 0 Å². The van der Waals surface area contributed by atoms with Gasteiger partial charge in [-0.15, -0.1) is 0 Å². The van der Waals surface area contributed by atoms with Crippen molar-refractivity contribution >= 4 is 11.6 Å². The number of halogens is 3. The zero-order chi connectivity index (χ0) is 18.1. The molecule has 0 fully saturated rings. The van der Waals surface area contributed by atoms with Crippen LogP contribution in [0, 0.1) is 5.92 Å². The molecule has 0 saturated carbocycles. The predicted octanol–water partition coefficient (Wildman–Crippen LogP) is 2.82. The lowest BCUT2D eigenvalue weighted by Gasteiger charge is -2.32. The fourth-order valence-corrected chi connectivity index (χ4v) is 2.45. The minimum absolute atomic E-state index is 0.0378. The van der Waals surface area contributed by atoms with Gasteiger partial charge in [0.1, 0.15) is 5.75 Å². The Balaban J connectivity index is 2.20. The zero-order valence-corrected chi connectivity index (χ0v) is 13.3. The number of aryl methyl sites for hydroxylation is 1. The van der Waals surface area contributed by atoms with E-state index in [0.29, 0.717) is 5.56 Å². The number of hydrogen-bond acceptors (Lipinski definition) is 4. The molecule has 1 aliphatic rings. The summed E-state index contributed by atoms with van der Waals surface area (Å²) in [6.07, 6.45) is -6.04. The maximum absolute atomic E-state index is 13.3. The normalized spacial score (nSPS) is 21.3. The molecule has 1 aliphatic heterocycles. The molecule has 1 aromatic carbocycles. The van der Waals surface area contributed by atoms with Crippen LogP contribution in [0.3, 0.4) is 0 Å². The molecule has 0 aromatic heterocycles. The van der Waals surface area contributed by atoms with Crippen LogP contribution >= 0.6 is 0 Å². The molecule has 1 atom stereocenters. The highest BCUT2D eigenvalue weighted by atomic mass is 19.4. The zero-order valence-electron chi connectivity index (χ0n) is 13.3. The average Bonchev–Trinajstić information content (AvgIpc) is 2.85. The lowest BCUT2D eigenvalue weighted by atomic mass is 9.98. The van der Waals surface area contributed by atoms with Gasteiger partial charge in [0.2, 0.25) is 5.91 Å². The smallest absolute Gasteiger partial charge is 0.438 e. The lowest BCUT2D eigenvalue weighted by molar-refractivity contribution is -0.302. The lowest BCUT2D eigenvalue weighted by Crippen LogP contribution is -2.56. The number of rotatable bonds is 4. The van der Waals surface area contributed by atoms with E-state index >= 15 is 0 Å². The molecule has 0 bridgehead atoms. The number of amides is 1. The molecule has 5 nitrogen and oxygen atoms in total. The highest BCUT2D eigenvalue weighted by Crippen LogP contribution is 2.41. The molecule has 0 saturated heterocycles. The molecule has 0 aliphatic carbocycles. The summed E-state index contributed by atoms with van der Waals surface area (Å²) in [5.74, 6) is -1.31. The van der Waals surface area contributed by atoms with E-state index in [2.05, 4.69) is 5.10 Å². The largest absolute Gasteiger partial charge is 0.508 e. The van der Waals surface area contributed by atoms with Crippen molar-refractivity contribution in [1.82, 2.24) is 5.01 Å². The van der Waals surface area contributed by atoms with Crippen LogP contribution in [0.4, 0.5) is 13.2 Å². The van der Waals surface area contributed by atoms with Crippen molar-refractivity contribution in [1.29, 1.82) is 0 Å². The summed E-state index contributed by atoms with van der Waals surface area (Å²) in [5, 5.41) is 23.5. The third-order valence-electron chi connectivity index (χ3n) is 3.96. The van der Waals surface area contributed by atoms with Gasteiger partial charge in [-0.2, -0.15) is 23.3 Å². The number of aliphatic hydroxyl groups is 1. The Kier molecular flexibility index (Phi) is 4.89. The predicted molar refractivity (Wildman–Crippen MR) is 81.2 cm³/mol. The third-order valence-corrected chi connectivity index (χ3v) is 3.96. The molecule has 2 rings (SSSR count). The minimum atomic E-state index is -5.02. The van der Waals surface area contributed by atoms with E-state index in [9.17, 15) is 28.2 Å². The van der Waals surface area contributed by atoms with Crippen molar-refractivity contribution in [3.63, 3.8) is 0 Å². The second-order valence-electron chi connectivity index (χ2n) is 6.07. The van der Waals surface area contributed by atoms with E-state index in [4.69, 9.17) is 0 Å². The summed E-state index contributed by atoms with van der Waals surface area (Å²) in [6.45, 7) is 3.29. The maximum atomic E-state index is 13.3. The van der Waals surface area contributed by atoms with Gasteiger partial charge in [0, 0.05) is 18.6 Å². The van der Waals surface area contributed by atoms with Gasteiger partial charge in [-0.3, -0.25) is 4.79 Å². The standard InChI is InChI=1S/C16H19F3N2O3/c1-10(2)12-9-15(24,16(17,18)19)21(20-12)14(23)8-7-11-5-3-4-6-13(11)22/h3-6,10,22,24H,7-9H2,1-2H3/t15-/m0/s1. The summed E-state index contributed by atoms with van der Waals surface area (Å²) < 4.78 is 39.8. The number of benzene rings is 1. The van der Waals surface area contributed by atoms with Crippen LogP contribution in [0.15, 0.2) is 29.4 Å². The van der Waals surface area contributed by atoms with Gasteiger partial charge >= 0.3 is 6.18 Å². The molecule has 0 spiro atoms. The first kappa shape index (κ1) is 18.3. The number of nitrogens with zero attached hydrogens (tertiary/aromatic N) is 2. The van der Waals surface area contributed by atoms with Gasteiger partial charge in [0.25, 0.3) is 5.72 Å². The molecule has 8 heteroatoms. The highest BCUT2D eigenvalue weighted by molar-refractivity contribution is 5.92. The highest BCUT2D eigenvalue weighted by Gasteiger charge is 2.63. The Labute approximate surface area is 137 Å². The monoisotopic (exact) mass is 344 g/mol. The van der Waals surface area contributed by atoms with Crippen molar-refractivity contribution in [3.05, 3.63) is 29.8 Å².